The molecular formula is C16H25N3O4S. The van der Waals surface area contributed by atoms with Gasteiger partial charge in [0, 0.05) is 38.4 Å². The van der Waals surface area contributed by atoms with Crippen LogP contribution < -0.4 is 5.32 Å². The van der Waals surface area contributed by atoms with Crippen molar-refractivity contribution < 1.29 is 18.3 Å². The Morgan fingerprint density at radius 3 is 2.58 bits per heavy atom. The smallest absolute Gasteiger partial charge is 0.221 e. The third kappa shape index (κ3) is 5.54. The molecule has 0 saturated heterocycles. The molecule has 0 aromatic carbocycles. The molecule has 2 N–H and O–H groups in total. The first-order valence-corrected chi connectivity index (χ1v) is 9.88. The largest absolute Gasteiger partial charge is 0.393 e. The second kappa shape index (κ2) is 8.04. The van der Waals surface area contributed by atoms with E-state index in [4.69, 9.17) is 0 Å². The molecule has 1 aromatic heterocycles. The summed E-state index contributed by atoms with van der Waals surface area (Å²) in [5.41, 5.74) is 1.07. The number of aliphatic hydroxyl groups excluding tert-OH is 1. The summed E-state index contributed by atoms with van der Waals surface area (Å²) in [5.74, 6) is 0.0655. The van der Waals surface area contributed by atoms with Crippen LogP contribution in [0.15, 0.2) is 24.5 Å². The molecule has 1 amide bonds. The highest BCUT2D eigenvalue weighted by molar-refractivity contribution is 7.88. The maximum absolute atomic E-state index is 12.2. The molecule has 1 aliphatic rings. The van der Waals surface area contributed by atoms with E-state index in [0.717, 1.165) is 16.1 Å². The third-order valence-corrected chi connectivity index (χ3v) is 5.80. The van der Waals surface area contributed by atoms with Crippen molar-refractivity contribution in [2.24, 2.45) is 5.92 Å². The number of sulfonamides is 1. The van der Waals surface area contributed by atoms with Crippen molar-refractivity contribution in [2.45, 2.75) is 37.8 Å². The number of aliphatic hydroxyl groups is 1. The zero-order chi connectivity index (χ0) is 17.7. The van der Waals surface area contributed by atoms with Crippen molar-refractivity contribution in [1.29, 1.82) is 0 Å². The maximum Gasteiger partial charge on any atom is 0.221 e. The summed E-state index contributed by atoms with van der Waals surface area (Å²) in [6, 6.07) is 3.75. The first-order valence-electron chi connectivity index (χ1n) is 8.03. The number of nitrogens with one attached hydrogen (secondary N) is 1. The van der Waals surface area contributed by atoms with E-state index >= 15 is 0 Å². The van der Waals surface area contributed by atoms with Crippen LogP contribution in [-0.4, -0.2) is 60.7 Å². The van der Waals surface area contributed by atoms with Crippen LogP contribution in [0.5, 0.6) is 0 Å². The summed E-state index contributed by atoms with van der Waals surface area (Å²) in [7, 11) is -1.82. The molecule has 1 aromatic rings. The van der Waals surface area contributed by atoms with Gasteiger partial charge >= 0.3 is 0 Å². The van der Waals surface area contributed by atoms with Gasteiger partial charge < -0.3 is 10.4 Å². The maximum atomic E-state index is 12.2. The first kappa shape index (κ1) is 18.8. The Morgan fingerprint density at radius 2 is 2.04 bits per heavy atom. The fourth-order valence-corrected chi connectivity index (χ4v) is 3.19. The number of amides is 1. The average Bonchev–Trinajstić information content (AvgIpc) is 2.49. The van der Waals surface area contributed by atoms with Crippen molar-refractivity contribution in [2.75, 3.05) is 19.8 Å². The Balaban J connectivity index is 1.91. The van der Waals surface area contributed by atoms with Gasteiger partial charge in [-0.3, -0.25) is 9.78 Å². The molecule has 7 nitrogen and oxygen atoms in total. The van der Waals surface area contributed by atoms with Crippen molar-refractivity contribution in [1.82, 2.24) is 14.6 Å². The second-order valence-corrected chi connectivity index (χ2v) is 8.54. The van der Waals surface area contributed by atoms with Gasteiger partial charge in [0.1, 0.15) is 0 Å². The fourth-order valence-electron chi connectivity index (χ4n) is 2.77. The minimum atomic E-state index is -3.28. The lowest BCUT2D eigenvalue weighted by molar-refractivity contribution is -0.123. The molecule has 0 aliphatic heterocycles. The zero-order valence-electron chi connectivity index (χ0n) is 14.1. The number of nitrogens with zero attached hydrogens (tertiary/aromatic N) is 2. The SMILES string of the molecule is CN(CCC(=O)NC(Cc1ccncc1)C1CC(O)C1)S(C)(=O)=O. The summed E-state index contributed by atoms with van der Waals surface area (Å²) >= 11 is 0. The molecule has 1 saturated carbocycles. The lowest BCUT2D eigenvalue weighted by Gasteiger charge is -2.38. The van der Waals surface area contributed by atoms with Crippen molar-refractivity contribution in [3.05, 3.63) is 30.1 Å². The molecule has 0 spiro atoms. The average molecular weight is 355 g/mol. The van der Waals surface area contributed by atoms with E-state index in [1.54, 1.807) is 12.4 Å². The first-order chi connectivity index (χ1) is 11.3. The van der Waals surface area contributed by atoms with Crippen LogP contribution in [0.4, 0.5) is 0 Å². The molecule has 1 unspecified atom stereocenters. The molecule has 0 bridgehead atoms. The van der Waals surface area contributed by atoms with E-state index < -0.39 is 10.0 Å². The minimum Gasteiger partial charge on any atom is -0.393 e. The molecule has 1 aliphatic carbocycles. The normalized spacial score (nSPS) is 22.0. The van der Waals surface area contributed by atoms with E-state index in [1.807, 2.05) is 12.1 Å². The van der Waals surface area contributed by atoms with Crippen LogP contribution in [-0.2, 0) is 21.2 Å². The Morgan fingerprint density at radius 1 is 1.42 bits per heavy atom. The zero-order valence-corrected chi connectivity index (χ0v) is 14.9. The topological polar surface area (TPSA) is 99.6 Å². The predicted molar refractivity (Wildman–Crippen MR) is 90.7 cm³/mol. The molecule has 2 rings (SSSR count). The van der Waals surface area contributed by atoms with Crippen LogP contribution in [0.25, 0.3) is 0 Å². The molecule has 8 heteroatoms. The van der Waals surface area contributed by atoms with Gasteiger partial charge in [0.2, 0.25) is 15.9 Å². The molecule has 134 valence electrons. The molecule has 1 atom stereocenters. The highest BCUT2D eigenvalue weighted by Crippen LogP contribution is 2.31. The Kier molecular flexibility index (Phi) is 6.31. The summed E-state index contributed by atoms with van der Waals surface area (Å²) in [5, 5.41) is 12.5. The summed E-state index contributed by atoms with van der Waals surface area (Å²) in [6.07, 6.45) is 6.41. The third-order valence-electron chi connectivity index (χ3n) is 4.49. The highest BCUT2D eigenvalue weighted by Gasteiger charge is 2.34. The number of hydrogen-bond acceptors (Lipinski definition) is 5. The number of hydrogen-bond donors (Lipinski definition) is 2. The number of pyridine rings is 1. The van der Waals surface area contributed by atoms with E-state index in [2.05, 4.69) is 10.3 Å². The van der Waals surface area contributed by atoms with Gasteiger partial charge in [-0.05, 0) is 42.9 Å². The van der Waals surface area contributed by atoms with Gasteiger partial charge in [-0.1, -0.05) is 0 Å². The number of rotatable bonds is 8. The Bertz CT molecular complexity index is 645. The van der Waals surface area contributed by atoms with Gasteiger partial charge in [-0.15, -0.1) is 0 Å². The number of carbonyl (C=O) groups excluding carboxylic acids is 1. The second-order valence-electron chi connectivity index (χ2n) is 6.45. The Hall–Kier alpha value is -1.51. The van der Waals surface area contributed by atoms with Crippen molar-refractivity contribution in [3.63, 3.8) is 0 Å². The van der Waals surface area contributed by atoms with Gasteiger partial charge in [-0.2, -0.15) is 0 Å². The van der Waals surface area contributed by atoms with Gasteiger partial charge in [0.25, 0.3) is 0 Å². The number of carbonyl (C=O) groups is 1. The Labute approximate surface area is 143 Å². The minimum absolute atomic E-state index is 0.0631. The summed E-state index contributed by atoms with van der Waals surface area (Å²) in [4.78, 5) is 16.2. The molecule has 0 radical (unpaired) electrons. The number of aromatic nitrogens is 1. The van der Waals surface area contributed by atoms with E-state index in [0.29, 0.717) is 19.3 Å². The lowest BCUT2D eigenvalue weighted by atomic mass is 9.75. The van der Waals surface area contributed by atoms with E-state index in [-0.39, 0.29) is 36.9 Å². The molecule has 1 heterocycles. The van der Waals surface area contributed by atoms with Crippen LogP contribution in [0.3, 0.4) is 0 Å². The summed E-state index contributed by atoms with van der Waals surface area (Å²) in [6.45, 7) is 0.153. The van der Waals surface area contributed by atoms with E-state index in [9.17, 15) is 18.3 Å². The van der Waals surface area contributed by atoms with Gasteiger partial charge in [-0.25, -0.2) is 12.7 Å². The predicted octanol–water partition coefficient (Wildman–Crippen LogP) is 0.161. The standard InChI is InChI=1S/C16H25N3O4S/c1-19(24(2,22)23)8-5-16(21)18-15(13-10-14(20)11-13)9-12-3-6-17-7-4-12/h3-4,6-7,13-15,20H,5,8-11H2,1-2H3,(H,18,21). The van der Waals surface area contributed by atoms with Crippen LogP contribution >= 0.6 is 0 Å². The van der Waals surface area contributed by atoms with Crippen molar-refractivity contribution in [3.8, 4) is 0 Å². The quantitative estimate of drug-likeness (QED) is 0.692. The lowest BCUT2D eigenvalue weighted by Crippen LogP contribution is -2.48. The molecule has 1 fully saturated rings. The van der Waals surface area contributed by atoms with Gasteiger partial charge in [0.05, 0.1) is 12.4 Å². The fraction of sp³-hybridized carbons (Fsp3) is 0.625. The summed E-state index contributed by atoms with van der Waals surface area (Å²) < 4.78 is 23.9. The van der Waals surface area contributed by atoms with Crippen LogP contribution in [0.2, 0.25) is 0 Å². The van der Waals surface area contributed by atoms with Crippen LogP contribution in [0.1, 0.15) is 24.8 Å². The highest BCUT2D eigenvalue weighted by atomic mass is 32.2. The van der Waals surface area contributed by atoms with Crippen LogP contribution in [0, 0.1) is 5.92 Å². The molecular weight excluding hydrogens is 330 g/mol. The molecule has 24 heavy (non-hydrogen) atoms. The van der Waals surface area contributed by atoms with E-state index in [1.165, 1.54) is 7.05 Å². The van der Waals surface area contributed by atoms with Crippen molar-refractivity contribution >= 4 is 15.9 Å². The monoisotopic (exact) mass is 355 g/mol. The van der Waals surface area contributed by atoms with Gasteiger partial charge in [0.15, 0.2) is 0 Å².